The summed E-state index contributed by atoms with van der Waals surface area (Å²) in [6, 6.07) is 10.7. The van der Waals surface area contributed by atoms with Gasteiger partial charge in [0.05, 0.1) is 17.0 Å². The number of hydrogen-bond donors (Lipinski definition) is 1. The van der Waals surface area contributed by atoms with Gasteiger partial charge in [-0.05, 0) is 32.0 Å². The third-order valence-electron chi connectivity index (χ3n) is 4.10. The predicted molar refractivity (Wildman–Crippen MR) is 95.5 cm³/mol. The minimum atomic E-state index is -1.82. The Balaban J connectivity index is 1.98. The quantitative estimate of drug-likeness (QED) is 0.669. The van der Waals surface area contributed by atoms with Crippen LogP contribution in [0.15, 0.2) is 48.6 Å². The van der Waals surface area contributed by atoms with Crippen LogP contribution in [0, 0.1) is 6.92 Å². The van der Waals surface area contributed by atoms with E-state index in [-0.39, 0.29) is 12.2 Å². The molecule has 1 aromatic carbocycles. The van der Waals surface area contributed by atoms with Gasteiger partial charge in [0.15, 0.2) is 11.4 Å². The number of ketones is 1. The lowest BCUT2D eigenvalue weighted by molar-refractivity contribution is -0.135. The fourth-order valence-corrected chi connectivity index (χ4v) is 3.81. The Bertz CT molecular complexity index is 839. The lowest BCUT2D eigenvalue weighted by atomic mass is 9.89. The van der Waals surface area contributed by atoms with Crippen LogP contribution < -0.4 is 4.90 Å². The number of Topliss-reactive ketones (excluding diaryl/α,β-unsaturated/α-hetero) is 1. The summed E-state index contributed by atoms with van der Waals surface area (Å²) in [6.07, 6.45) is -0.254. The van der Waals surface area contributed by atoms with E-state index >= 15 is 0 Å². The van der Waals surface area contributed by atoms with E-state index < -0.39 is 11.5 Å². The number of anilines is 1. The number of hydrogen-bond acceptors (Lipinski definition) is 4. The molecule has 0 bridgehead atoms. The van der Waals surface area contributed by atoms with Gasteiger partial charge in [-0.1, -0.05) is 30.4 Å². The number of carbonyl (C=O) groups is 2. The minimum Gasteiger partial charge on any atom is -0.375 e. The zero-order valence-corrected chi connectivity index (χ0v) is 14.5. The van der Waals surface area contributed by atoms with Crippen LogP contribution in [0.2, 0.25) is 0 Å². The molecule has 1 aromatic heterocycles. The molecule has 0 radical (unpaired) electrons. The Hall–Kier alpha value is -2.24. The van der Waals surface area contributed by atoms with Gasteiger partial charge in [-0.15, -0.1) is 11.3 Å². The highest BCUT2D eigenvalue weighted by Gasteiger charge is 2.50. The molecule has 0 saturated carbocycles. The highest BCUT2D eigenvalue weighted by atomic mass is 32.1. The van der Waals surface area contributed by atoms with E-state index in [0.29, 0.717) is 22.7 Å². The molecule has 5 heteroatoms. The first-order chi connectivity index (χ1) is 11.3. The average molecular weight is 341 g/mol. The first kappa shape index (κ1) is 16.6. The zero-order valence-electron chi connectivity index (χ0n) is 13.7. The second kappa shape index (κ2) is 6.00. The van der Waals surface area contributed by atoms with Gasteiger partial charge in [0.1, 0.15) is 0 Å². The highest BCUT2D eigenvalue weighted by Crippen LogP contribution is 2.43. The van der Waals surface area contributed by atoms with Crippen molar-refractivity contribution in [3.05, 3.63) is 63.9 Å². The van der Waals surface area contributed by atoms with Crippen LogP contribution in [0.4, 0.5) is 5.69 Å². The van der Waals surface area contributed by atoms with Crippen molar-refractivity contribution in [3.8, 4) is 0 Å². The van der Waals surface area contributed by atoms with Crippen LogP contribution in [-0.4, -0.2) is 23.3 Å². The molecule has 1 aliphatic rings. The van der Waals surface area contributed by atoms with E-state index in [1.165, 1.54) is 16.2 Å². The third-order valence-corrected chi connectivity index (χ3v) is 5.14. The molecule has 0 unspecified atom stereocenters. The second-order valence-corrected chi connectivity index (χ2v) is 7.52. The van der Waals surface area contributed by atoms with Crippen LogP contribution in [-0.2, 0) is 10.4 Å². The van der Waals surface area contributed by atoms with Gasteiger partial charge in [-0.3, -0.25) is 9.59 Å². The lowest BCUT2D eigenvalue weighted by Gasteiger charge is -2.22. The summed E-state index contributed by atoms with van der Waals surface area (Å²) in [5, 5.41) is 11.1. The van der Waals surface area contributed by atoms with Crippen LogP contribution in [0.25, 0.3) is 0 Å². The van der Waals surface area contributed by atoms with Crippen molar-refractivity contribution in [1.29, 1.82) is 0 Å². The number of para-hydroxylation sites is 1. The average Bonchev–Trinajstić information content (AvgIpc) is 3.05. The Morgan fingerprint density at radius 1 is 1.29 bits per heavy atom. The summed E-state index contributed by atoms with van der Waals surface area (Å²) < 4.78 is 0. The summed E-state index contributed by atoms with van der Waals surface area (Å²) >= 11 is 1.37. The molecule has 0 saturated heterocycles. The molecule has 4 nitrogen and oxygen atoms in total. The number of carbonyl (C=O) groups excluding carboxylic acids is 2. The maximum atomic E-state index is 12.9. The molecule has 24 heavy (non-hydrogen) atoms. The maximum Gasteiger partial charge on any atom is 0.264 e. The largest absolute Gasteiger partial charge is 0.375 e. The summed E-state index contributed by atoms with van der Waals surface area (Å²) in [6.45, 7) is 7.91. The molecule has 1 aliphatic heterocycles. The molecule has 3 rings (SSSR count). The third kappa shape index (κ3) is 2.70. The fraction of sp³-hybridized carbons (Fsp3) is 0.263. The normalized spacial score (nSPS) is 19.5. The van der Waals surface area contributed by atoms with Crippen molar-refractivity contribution in [2.24, 2.45) is 0 Å². The van der Waals surface area contributed by atoms with E-state index in [9.17, 15) is 14.7 Å². The number of amides is 1. The zero-order chi connectivity index (χ0) is 17.5. The van der Waals surface area contributed by atoms with E-state index in [1.807, 2.05) is 26.0 Å². The second-order valence-electron chi connectivity index (χ2n) is 6.24. The minimum absolute atomic E-state index is 0.226. The molecule has 0 spiro atoms. The molecule has 2 aromatic rings. The van der Waals surface area contributed by atoms with Gasteiger partial charge in [0.2, 0.25) is 0 Å². The van der Waals surface area contributed by atoms with Crippen LogP contribution >= 0.6 is 11.3 Å². The number of aryl methyl sites for hydroxylation is 1. The van der Waals surface area contributed by atoms with Crippen molar-refractivity contribution < 1.29 is 14.7 Å². The lowest BCUT2D eigenvalue weighted by Crippen LogP contribution is -2.42. The molecule has 124 valence electrons. The molecule has 2 heterocycles. The van der Waals surface area contributed by atoms with Crippen molar-refractivity contribution in [3.63, 3.8) is 0 Å². The van der Waals surface area contributed by atoms with Crippen molar-refractivity contribution in [1.82, 2.24) is 0 Å². The Labute approximate surface area is 145 Å². The van der Waals surface area contributed by atoms with Gasteiger partial charge in [0.25, 0.3) is 5.91 Å². The highest BCUT2D eigenvalue weighted by molar-refractivity contribution is 7.14. The SMILES string of the molecule is C=C(C)CN1C(=O)[C@@](O)(CC(=O)c2ccc(C)s2)c2ccccc21. The Morgan fingerprint density at radius 2 is 2.00 bits per heavy atom. The number of thiophene rings is 1. The number of benzene rings is 1. The predicted octanol–water partition coefficient (Wildman–Crippen LogP) is 3.44. The number of fused-ring (bicyclic) bond motifs is 1. The molecule has 1 N–H and O–H groups in total. The smallest absolute Gasteiger partial charge is 0.264 e. The first-order valence-electron chi connectivity index (χ1n) is 7.71. The molecular weight excluding hydrogens is 322 g/mol. The van der Waals surface area contributed by atoms with Crippen molar-refractivity contribution >= 4 is 28.7 Å². The van der Waals surface area contributed by atoms with Gasteiger partial charge in [-0.2, -0.15) is 0 Å². The topological polar surface area (TPSA) is 57.6 Å². The van der Waals surface area contributed by atoms with Gasteiger partial charge < -0.3 is 10.0 Å². The molecule has 0 aliphatic carbocycles. The van der Waals surface area contributed by atoms with Crippen LogP contribution in [0.5, 0.6) is 0 Å². The number of aliphatic hydroxyl groups is 1. The Kier molecular flexibility index (Phi) is 4.15. The molecule has 0 fully saturated rings. The molecular formula is C19H19NO3S. The molecule has 1 amide bonds. The van der Waals surface area contributed by atoms with Gasteiger partial charge in [-0.25, -0.2) is 0 Å². The summed E-state index contributed by atoms with van der Waals surface area (Å²) in [5.74, 6) is -0.691. The van der Waals surface area contributed by atoms with E-state index in [0.717, 1.165) is 10.5 Å². The Morgan fingerprint density at radius 3 is 2.62 bits per heavy atom. The fourth-order valence-electron chi connectivity index (χ4n) is 3.01. The number of rotatable bonds is 5. The first-order valence-corrected chi connectivity index (χ1v) is 8.52. The summed E-state index contributed by atoms with van der Waals surface area (Å²) in [7, 11) is 0. The van der Waals surface area contributed by atoms with E-state index in [2.05, 4.69) is 6.58 Å². The molecule has 1 atom stereocenters. The van der Waals surface area contributed by atoms with Crippen LogP contribution in [0.1, 0.15) is 33.5 Å². The summed E-state index contributed by atoms with van der Waals surface area (Å²) in [4.78, 5) is 28.5. The summed E-state index contributed by atoms with van der Waals surface area (Å²) in [5.41, 5.74) is 0.116. The van der Waals surface area contributed by atoms with E-state index in [1.54, 1.807) is 24.3 Å². The van der Waals surface area contributed by atoms with Crippen molar-refractivity contribution in [2.45, 2.75) is 25.9 Å². The van der Waals surface area contributed by atoms with Crippen LogP contribution in [0.3, 0.4) is 0 Å². The monoisotopic (exact) mass is 341 g/mol. The number of nitrogens with zero attached hydrogens (tertiary/aromatic N) is 1. The standard InChI is InChI=1S/C19H19NO3S/c1-12(2)11-20-15-7-5-4-6-14(15)19(23,18(20)22)10-16(21)17-9-8-13(3)24-17/h4-9,23H,1,10-11H2,2-3H3/t19-/m1/s1. The maximum absolute atomic E-state index is 12.9. The van der Waals surface area contributed by atoms with Gasteiger partial charge in [0, 0.05) is 17.0 Å². The van der Waals surface area contributed by atoms with Crippen molar-refractivity contribution in [2.75, 3.05) is 11.4 Å². The van der Waals surface area contributed by atoms with Gasteiger partial charge >= 0.3 is 0 Å². The van der Waals surface area contributed by atoms with E-state index in [4.69, 9.17) is 0 Å².